The van der Waals surface area contributed by atoms with E-state index in [1.54, 1.807) is 6.07 Å². The molecule has 0 spiro atoms. The van der Waals surface area contributed by atoms with Crippen LogP contribution in [0.3, 0.4) is 0 Å². The molecule has 4 rings (SSSR count). The van der Waals surface area contributed by atoms with Crippen molar-refractivity contribution in [1.82, 2.24) is 4.90 Å². The van der Waals surface area contributed by atoms with Crippen molar-refractivity contribution in [2.24, 2.45) is 0 Å². The number of benzene rings is 2. The summed E-state index contributed by atoms with van der Waals surface area (Å²) in [5.74, 6) is 1.41. The van der Waals surface area contributed by atoms with Crippen molar-refractivity contribution in [2.45, 2.75) is 12.3 Å². The Labute approximate surface area is 144 Å². The fourth-order valence-corrected chi connectivity index (χ4v) is 2.97. The van der Waals surface area contributed by atoms with Gasteiger partial charge in [-0.3, -0.25) is 10.1 Å². The van der Waals surface area contributed by atoms with Crippen LogP contribution < -0.4 is 4.74 Å². The Morgan fingerprint density at radius 2 is 1.92 bits per heavy atom. The number of ether oxygens (including phenoxy) is 2. The predicted molar refractivity (Wildman–Crippen MR) is 93.6 cm³/mol. The Morgan fingerprint density at radius 1 is 1.12 bits per heavy atom. The molecule has 0 radical (unpaired) electrons. The fourth-order valence-electron chi connectivity index (χ4n) is 2.97. The maximum Gasteiger partial charge on any atom is 0.270 e. The highest BCUT2D eigenvalue weighted by atomic mass is 16.6. The molecule has 126 valence electrons. The molecular weight excluding hydrogens is 320 g/mol. The second-order valence-corrected chi connectivity index (χ2v) is 5.95. The van der Waals surface area contributed by atoms with E-state index in [1.807, 2.05) is 60.6 Å². The lowest BCUT2D eigenvalue weighted by Gasteiger charge is -2.30. The van der Waals surface area contributed by atoms with Gasteiger partial charge in [0.05, 0.1) is 4.92 Å². The molecule has 0 amide bonds. The highest BCUT2D eigenvalue weighted by Crippen LogP contribution is 2.34. The van der Waals surface area contributed by atoms with Gasteiger partial charge in [-0.25, -0.2) is 0 Å². The van der Waals surface area contributed by atoms with E-state index in [0.717, 1.165) is 11.3 Å². The lowest BCUT2D eigenvalue weighted by Crippen LogP contribution is -2.40. The van der Waals surface area contributed by atoms with E-state index in [4.69, 9.17) is 9.47 Å². The summed E-state index contributed by atoms with van der Waals surface area (Å²) in [5.41, 5.74) is 1.75. The Hall–Kier alpha value is -3.28. The van der Waals surface area contributed by atoms with Crippen LogP contribution in [-0.2, 0) is 4.74 Å². The van der Waals surface area contributed by atoms with Crippen molar-refractivity contribution >= 4 is 17.5 Å². The molecule has 0 aliphatic carbocycles. The number of hydrogen-bond acceptors (Lipinski definition) is 5. The second-order valence-electron chi connectivity index (χ2n) is 5.95. The van der Waals surface area contributed by atoms with Gasteiger partial charge >= 0.3 is 0 Å². The van der Waals surface area contributed by atoms with E-state index in [0.29, 0.717) is 11.3 Å². The third-order valence-electron chi connectivity index (χ3n) is 4.24. The van der Waals surface area contributed by atoms with Crippen molar-refractivity contribution in [3.8, 4) is 5.75 Å². The zero-order valence-electron chi connectivity index (χ0n) is 13.5. The first-order chi connectivity index (χ1) is 12.1. The average molecular weight is 336 g/mol. The summed E-state index contributed by atoms with van der Waals surface area (Å²) in [4.78, 5) is 12.4. The van der Waals surface area contributed by atoms with Gasteiger partial charge in [-0.05, 0) is 12.1 Å². The lowest BCUT2D eigenvalue weighted by atomic mass is 10.1. The van der Waals surface area contributed by atoms with E-state index in [9.17, 15) is 10.1 Å². The summed E-state index contributed by atoms with van der Waals surface area (Å²) in [6, 6.07) is 14.5. The number of non-ortho nitro benzene ring substituents is 1. The zero-order valence-corrected chi connectivity index (χ0v) is 13.5. The molecule has 2 atom stereocenters. The monoisotopic (exact) mass is 336 g/mol. The highest BCUT2D eigenvalue weighted by molar-refractivity contribution is 5.64. The molecule has 0 bridgehead atoms. The molecule has 0 saturated heterocycles. The highest BCUT2D eigenvalue weighted by Gasteiger charge is 2.34. The maximum absolute atomic E-state index is 10.9. The molecular formula is C19H16N2O4. The molecule has 0 N–H and O–H groups in total. The van der Waals surface area contributed by atoms with Gasteiger partial charge < -0.3 is 14.4 Å². The maximum atomic E-state index is 10.9. The van der Waals surface area contributed by atoms with Crippen molar-refractivity contribution in [3.05, 3.63) is 82.0 Å². The summed E-state index contributed by atoms with van der Waals surface area (Å²) in [7, 11) is 1.93. The topological polar surface area (TPSA) is 64.8 Å². The van der Waals surface area contributed by atoms with Crippen LogP contribution in [-0.4, -0.2) is 29.2 Å². The summed E-state index contributed by atoms with van der Waals surface area (Å²) < 4.78 is 12.1. The van der Waals surface area contributed by atoms with Gasteiger partial charge in [-0.2, -0.15) is 0 Å². The smallest absolute Gasteiger partial charge is 0.270 e. The molecule has 2 aromatic carbocycles. The number of nitrogens with zero attached hydrogens (tertiary/aromatic N) is 2. The van der Waals surface area contributed by atoms with Gasteiger partial charge in [-0.15, -0.1) is 0 Å². The van der Waals surface area contributed by atoms with Gasteiger partial charge in [0.15, 0.2) is 6.10 Å². The molecule has 0 unspecified atom stereocenters. The van der Waals surface area contributed by atoms with E-state index in [1.165, 1.54) is 12.1 Å². The largest absolute Gasteiger partial charge is 0.480 e. The van der Waals surface area contributed by atoms with Crippen LogP contribution in [0.25, 0.3) is 11.8 Å². The summed E-state index contributed by atoms with van der Waals surface area (Å²) in [6.45, 7) is 0. The van der Waals surface area contributed by atoms with Crippen LogP contribution in [0.2, 0.25) is 0 Å². The quantitative estimate of drug-likeness (QED) is 0.632. The standard InChI is InChI=1S/C19H16N2O4/c1-20-12-18(13-5-3-2-4-6-13)25-19(20)17-9-7-14-11-15(21(22)23)8-10-16(14)24-17/h2-12,17,19H,1H3/t17-,19-/m1/s1. The fraction of sp³-hybridized carbons (Fsp3) is 0.158. The molecule has 25 heavy (non-hydrogen) atoms. The number of likely N-dealkylation sites (N-methyl/N-ethyl adjacent to an activating group) is 1. The molecule has 0 aromatic heterocycles. The number of nitro groups is 1. The first kappa shape index (κ1) is 15.3. The second kappa shape index (κ2) is 5.98. The van der Waals surface area contributed by atoms with Crippen LogP contribution in [0, 0.1) is 10.1 Å². The minimum atomic E-state index is -0.413. The van der Waals surface area contributed by atoms with E-state index >= 15 is 0 Å². The Morgan fingerprint density at radius 3 is 2.68 bits per heavy atom. The lowest BCUT2D eigenvalue weighted by molar-refractivity contribution is -0.384. The SMILES string of the molecule is CN1C=C(c2ccccc2)O[C@@H]1[C@H]1C=Cc2cc([N+](=O)[O-])ccc2O1. The van der Waals surface area contributed by atoms with Crippen LogP contribution >= 0.6 is 0 Å². The van der Waals surface area contributed by atoms with Crippen LogP contribution in [0.15, 0.2) is 60.8 Å². The van der Waals surface area contributed by atoms with Crippen LogP contribution in [0.1, 0.15) is 11.1 Å². The van der Waals surface area contributed by atoms with Crippen LogP contribution in [0.4, 0.5) is 5.69 Å². The average Bonchev–Trinajstić information content (AvgIpc) is 3.03. The molecule has 0 saturated carbocycles. The molecule has 0 fully saturated rings. The minimum absolute atomic E-state index is 0.0488. The van der Waals surface area contributed by atoms with Gasteiger partial charge in [-0.1, -0.05) is 36.4 Å². The summed E-state index contributed by atoms with van der Waals surface area (Å²) >= 11 is 0. The van der Waals surface area contributed by atoms with Crippen molar-refractivity contribution in [1.29, 1.82) is 0 Å². The summed E-state index contributed by atoms with van der Waals surface area (Å²) in [5, 5.41) is 10.9. The zero-order chi connectivity index (χ0) is 17.4. The van der Waals surface area contributed by atoms with E-state index < -0.39 is 4.92 Å². The molecule has 2 aliphatic heterocycles. The van der Waals surface area contributed by atoms with Crippen molar-refractivity contribution in [3.63, 3.8) is 0 Å². The van der Waals surface area contributed by atoms with Crippen molar-refractivity contribution < 1.29 is 14.4 Å². The first-order valence-electron chi connectivity index (χ1n) is 7.91. The van der Waals surface area contributed by atoms with Gasteiger partial charge in [0.2, 0.25) is 6.23 Å². The number of hydrogen-bond donors (Lipinski definition) is 0. The summed E-state index contributed by atoms with van der Waals surface area (Å²) in [6.07, 6.45) is 5.05. The molecule has 6 nitrogen and oxygen atoms in total. The Kier molecular flexibility index (Phi) is 3.65. The number of nitro benzene ring substituents is 1. The first-order valence-corrected chi connectivity index (χ1v) is 7.91. The molecule has 2 aromatic rings. The third-order valence-corrected chi connectivity index (χ3v) is 4.24. The third kappa shape index (κ3) is 2.82. The number of rotatable bonds is 3. The predicted octanol–water partition coefficient (Wildman–Crippen LogP) is 3.66. The van der Waals surface area contributed by atoms with Crippen molar-refractivity contribution in [2.75, 3.05) is 7.05 Å². The number of fused-ring (bicyclic) bond motifs is 1. The molecule has 6 heteroatoms. The van der Waals surface area contributed by atoms with Crippen LogP contribution in [0.5, 0.6) is 5.75 Å². The van der Waals surface area contributed by atoms with E-state index in [-0.39, 0.29) is 18.0 Å². The minimum Gasteiger partial charge on any atom is -0.480 e. The molecule has 2 heterocycles. The Balaban J connectivity index is 1.53. The van der Waals surface area contributed by atoms with E-state index in [2.05, 4.69) is 0 Å². The van der Waals surface area contributed by atoms with Gasteiger partial charge in [0, 0.05) is 36.5 Å². The van der Waals surface area contributed by atoms with Gasteiger partial charge in [0.1, 0.15) is 11.5 Å². The molecule has 2 aliphatic rings. The van der Waals surface area contributed by atoms with Gasteiger partial charge in [0.25, 0.3) is 5.69 Å². The normalized spacial score (nSPS) is 21.2. The Bertz CT molecular complexity index is 876.